The SMILES string of the molecule is CC1CCN(CC(=O)N2CCOC(C)C2)C(CN)C1. The molecule has 1 amide bonds. The highest BCUT2D eigenvalue weighted by molar-refractivity contribution is 5.78. The Morgan fingerprint density at radius 3 is 2.84 bits per heavy atom. The molecule has 0 bridgehead atoms. The van der Waals surface area contributed by atoms with E-state index in [0.29, 0.717) is 25.7 Å². The standard InChI is InChI=1S/C14H27N3O2/c1-11-3-4-16(13(7-11)8-15)10-14(18)17-5-6-19-12(2)9-17/h11-13H,3-10,15H2,1-2H3. The molecule has 3 atom stereocenters. The molecular formula is C14H27N3O2. The Balaban J connectivity index is 1.86. The monoisotopic (exact) mass is 269 g/mol. The fourth-order valence-corrected chi connectivity index (χ4v) is 3.07. The average molecular weight is 269 g/mol. The van der Waals surface area contributed by atoms with Crippen molar-refractivity contribution < 1.29 is 9.53 Å². The third kappa shape index (κ3) is 3.91. The maximum Gasteiger partial charge on any atom is 0.236 e. The van der Waals surface area contributed by atoms with Crippen molar-refractivity contribution in [1.29, 1.82) is 0 Å². The minimum atomic E-state index is 0.157. The summed E-state index contributed by atoms with van der Waals surface area (Å²) in [6, 6.07) is 0.367. The number of nitrogens with zero attached hydrogens (tertiary/aromatic N) is 2. The maximum atomic E-state index is 12.3. The molecule has 2 rings (SSSR count). The van der Waals surface area contributed by atoms with E-state index in [9.17, 15) is 4.79 Å². The molecular weight excluding hydrogens is 242 g/mol. The van der Waals surface area contributed by atoms with Gasteiger partial charge in [-0.15, -0.1) is 0 Å². The van der Waals surface area contributed by atoms with E-state index in [1.807, 2.05) is 11.8 Å². The second-order valence-corrected chi connectivity index (χ2v) is 6.01. The second-order valence-electron chi connectivity index (χ2n) is 6.01. The van der Waals surface area contributed by atoms with Crippen molar-refractivity contribution in [2.24, 2.45) is 11.7 Å². The summed E-state index contributed by atoms with van der Waals surface area (Å²) in [5.41, 5.74) is 5.85. The van der Waals surface area contributed by atoms with Crippen LogP contribution in [-0.4, -0.2) is 67.2 Å². The van der Waals surface area contributed by atoms with Gasteiger partial charge in [0.25, 0.3) is 0 Å². The molecule has 2 saturated heterocycles. The number of ether oxygens (including phenoxy) is 1. The summed E-state index contributed by atoms with van der Waals surface area (Å²) in [7, 11) is 0. The van der Waals surface area contributed by atoms with Crippen LogP contribution in [0.15, 0.2) is 0 Å². The van der Waals surface area contributed by atoms with E-state index in [0.717, 1.165) is 32.0 Å². The highest BCUT2D eigenvalue weighted by Gasteiger charge is 2.29. The van der Waals surface area contributed by atoms with Crippen LogP contribution in [-0.2, 0) is 9.53 Å². The van der Waals surface area contributed by atoms with Crippen LogP contribution in [0.4, 0.5) is 0 Å². The quantitative estimate of drug-likeness (QED) is 0.800. The van der Waals surface area contributed by atoms with Gasteiger partial charge >= 0.3 is 0 Å². The van der Waals surface area contributed by atoms with E-state index in [2.05, 4.69) is 11.8 Å². The molecule has 5 nitrogen and oxygen atoms in total. The zero-order chi connectivity index (χ0) is 13.8. The molecule has 3 unspecified atom stereocenters. The molecule has 0 spiro atoms. The Morgan fingerprint density at radius 2 is 2.16 bits per heavy atom. The number of carbonyl (C=O) groups excluding carboxylic acids is 1. The van der Waals surface area contributed by atoms with Crippen molar-refractivity contribution in [1.82, 2.24) is 9.80 Å². The van der Waals surface area contributed by atoms with Gasteiger partial charge in [0.15, 0.2) is 0 Å². The van der Waals surface area contributed by atoms with Gasteiger partial charge in [0.05, 0.1) is 19.3 Å². The Bertz CT molecular complexity index is 311. The number of hydrogen-bond acceptors (Lipinski definition) is 4. The minimum absolute atomic E-state index is 0.157. The Hall–Kier alpha value is -0.650. The number of amides is 1. The Labute approximate surface area is 116 Å². The normalized spacial score (nSPS) is 33.4. The van der Waals surface area contributed by atoms with Crippen molar-refractivity contribution in [2.45, 2.75) is 38.8 Å². The predicted octanol–water partition coefficient (Wildman–Crippen LogP) is 0.293. The first kappa shape index (κ1) is 14.8. The van der Waals surface area contributed by atoms with E-state index >= 15 is 0 Å². The second kappa shape index (κ2) is 6.68. The lowest BCUT2D eigenvalue weighted by Crippen LogP contribution is -2.53. The first-order valence-corrected chi connectivity index (χ1v) is 7.43. The van der Waals surface area contributed by atoms with Crippen LogP contribution in [0.2, 0.25) is 0 Å². The van der Waals surface area contributed by atoms with Gasteiger partial charge in [-0.25, -0.2) is 0 Å². The zero-order valence-electron chi connectivity index (χ0n) is 12.2. The molecule has 2 fully saturated rings. The summed E-state index contributed by atoms with van der Waals surface area (Å²) in [4.78, 5) is 16.5. The van der Waals surface area contributed by atoms with E-state index in [1.54, 1.807) is 0 Å². The molecule has 0 aromatic carbocycles. The Morgan fingerprint density at radius 1 is 1.37 bits per heavy atom. The van der Waals surface area contributed by atoms with Gasteiger partial charge in [-0.3, -0.25) is 9.69 Å². The lowest BCUT2D eigenvalue weighted by atomic mass is 9.92. The molecule has 5 heteroatoms. The first-order valence-electron chi connectivity index (χ1n) is 7.43. The fourth-order valence-electron chi connectivity index (χ4n) is 3.07. The number of nitrogens with two attached hydrogens (primary N) is 1. The number of likely N-dealkylation sites (tertiary alicyclic amines) is 1. The molecule has 0 aliphatic carbocycles. The van der Waals surface area contributed by atoms with Gasteiger partial charge in [0, 0.05) is 25.7 Å². The lowest BCUT2D eigenvalue weighted by Gasteiger charge is -2.39. The van der Waals surface area contributed by atoms with Crippen molar-refractivity contribution >= 4 is 5.91 Å². The third-order valence-corrected chi connectivity index (χ3v) is 4.30. The number of carbonyl (C=O) groups is 1. The molecule has 0 aromatic rings. The molecule has 2 aliphatic heterocycles. The molecule has 0 saturated carbocycles. The van der Waals surface area contributed by atoms with Gasteiger partial charge in [0.2, 0.25) is 5.91 Å². The fraction of sp³-hybridized carbons (Fsp3) is 0.929. The van der Waals surface area contributed by atoms with Crippen LogP contribution in [0.3, 0.4) is 0 Å². The van der Waals surface area contributed by atoms with Gasteiger partial charge in [-0.2, -0.15) is 0 Å². The molecule has 19 heavy (non-hydrogen) atoms. The van der Waals surface area contributed by atoms with Crippen molar-refractivity contribution in [2.75, 3.05) is 39.3 Å². The molecule has 110 valence electrons. The predicted molar refractivity (Wildman–Crippen MR) is 74.8 cm³/mol. The zero-order valence-corrected chi connectivity index (χ0v) is 12.2. The van der Waals surface area contributed by atoms with Gasteiger partial charge in [-0.05, 0) is 32.2 Å². The van der Waals surface area contributed by atoms with Crippen LogP contribution in [0.5, 0.6) is 0 Å². The van der Waals surface area contributed by atoms with Crippen LogP contribution in [0.25, 0.3) is 0 Å². The topological polar surface area (TPSA) is 58.8 Å². The highest BCUT2D eigenvalue weighted by atomic mass is 16.5. The van der Waals surface area contributed by atoms with Gasteiger partial charge in [0.1, 0.15) is 0 Å². The van der Waals surface area contributed by atoms with Crippen LogP contribution < -0.4 is 5.73 Å². The average Bonchev–Trinajstić information content (AvgIpc) is 2.40. The number of piperidine rings is 1. The summed E-state index contributed by atoms with van der Waals surface area (Å²) in [6.07, 6.45) is 2.44. The summed E-state index contributed by atoms with van der Waals surface area (Å²) in [5, 5.41) is 0. The lowest BCUT2D eigenvalue weighted by molar-refractivity contribution is -0.140. The smallest absolute Gasteiger partial charge is 0.236 e. The van der Waals surface area contributed by atoms with Crippen LogP contribution in [0, 0.1) is 5.92 Å². The molecule has 2 aliphatic rings. The van der Waals surface area contributed by atoms with E-state index in [-0.39, 0.29) is 12.0 Å². The number of morpholine rings is 1. The highest BCUT2D eigenvalue weighted by Crippen LogP contribution is 2.21. The van der Waals surface area contributed by atoms with Crippen molar-refractivity contribution in [3.8, 4) is 0 Å². The van der Waals surface area contributed by atoms with E-state index < -0.39 is 0 Å². The number of rotatable bonds is 3. The van der Waals surface area contributed by atoms with Crippen LogP contribution in [0.1, 0.15) is 26.7 Å². The minimum Gasteiger partial charge on any atom is -0.375 e. The van der Waals surface area contributed by atoms with Gasteiger partial charge in [-0.1, -0.05) is 6.92 Å². The van der Waals surface area contributed by atoms with Gasteiger partial charge < -0.3 is 15.4 Å². The summed E-state index contributed by atoms with van der Waals surface area (Å²) in [5.74, 6) is 0.950. The molecule has 2 heterocycles. The molecule has 0 aromatic heterocycles. The summed E-state index contributed by atoms with van der Waals surface area (Å²) < 4.78 is 5.48. The molecule has 0 radical (unpaired) electrons. The Kier molecular flexibility index (Phi) is 5.19. The maximum absolute atomic E-state index is 12.3. The molecule has 2 N–H and O–H groups in total. The third-order valence-electron chi connectivity index (χ3n) is 4.30. The summed E-state index contributed by atoms with van der Waals surface area (Å²) in [6.45, 7) is 8.55. The van der Waals surface area contributed by atoms with E-state index in [1.165, 1.54) is 6.42 Å². The first-order chi connectivity index (χ1) is 9.10. The van der Waals surface area contributed by atoms with E-state index in [4.69, 9.17) is 10.5 Å². The van der Waals surface area contributed by atoms with Crippen molar-refractivity contribution in [3.05, 3.63) is 0 Å². The largest absolute Gasteiger partial charge is 0.375 e. The number of hydrogen-bond donors (Lipinski definition) is 1. The van der Waals surface area contributed by atoms with Crippen LogP contribution >= 0.6 is 0 Å². The van der Waals surface area contributed by atoms with Crippen molar-refractivity contribution in [3.63, 3.8) is 0 Å². The summed E-state index contributed by atoms with van der Waals surface area (Å²) >= 11 is 0.